The number of piperidine rings is 1. The van der Waals surface area contributed by atoms with E-state index in [9.17, 15) is 9.90 Å². The molecule has 0 aliphatic carbocycles. The molecule has 1 fully saturated rings. The van der Waals surface area contributed by atoms with Crippen molar-refractivity contribution in [1.82, 2.24) is 5.32 Å². The largest absolute Gasteiger partial charge is 0.392 e. The molecule has 0 spiro atoms. The van der Waals surface area contributed by atoms with E-state index in [4.69, 9.17) is 0 Å². The summed E-state index contributed by atoms with van der Waals surface area (Å²) in [4.78, 5) is 11.8. The van der Waals surface area contributed by atoms with E-state index in [1.807, 2.05) is 20.8 Å². The average molecular weight is 185 g/mol. The Morgan fingerprint density at radius 2 is 2.00 bits per heavy atom. The number of β-amino-alcohol motifs (C(OH)–C–C–N with tert-alkyl or cyclic N) is 1. The lowest BCUT2D eigenvalue weighted by Gasteiger charge is -2.30. The van der Waals surface area contributed by atoms with Gasteiger partial charge in [0.05, 0.1) is 12.1 Å². The van der Waals surface area contributed by atoms with Crippen molar-refractivity contribution in [1.29, 1.82) is 0 Å². The van der Waals surface area contributed by atoms with Gasteiger partial charge in [0.1, 0.15) is 0 Å². The summed E-state index contributed by atoms with van der Waals surface area (Å²) >= 11 is 0. The summed E-state index contributed by atoms with van der Waals surface area (Å²) in [5, 5.41) is 12.3. The molecule has 0 bridgehead atoms. The number of Topliss-reactive ketones (excluding diaryl/α,β-unsaturated/α-hetero) is 1. The zero-order valence-corrected chi connectivity index (χ0v) is 8.63. The smallest absolute Gasteiger partial charge is 0.155 e. The molecule has 1 rings (SSSR count). The van der Waals surface area contributed by atoms with Crippen LogP contribution < -0.4 is 5.32 Å². The normalized spacial score (nSPS) is 30.2. The van der Waals surface area contributed by atoms with Crippen molar-refractivity contribution < 1.29 is 9.90 Å². The third-order valence-electron chi connectivity index (χ3n) is 2.44. The van der Waals surface area contributed by atoms with E-state index in [0.717, 1.165) is 12.8 Å². The van der Waals surface area contributed by atoms with Gasteiger partial charge >= 0.3 is 0 Å². The van der Waals surface area contributed by atoms with Crippen molar-refractivity contribution in [3.63, 3.8) is 0 Å². The van der Waals surface area contributed by atoms with Crippen molar-refractivity contribution in [3.8, 4) is 0 Å². The van der Waals surface area contributed by atoms with Gasteiger partial charge in [-0.1, -0.05) is 20.8 Å². The quantitative estimate of drug-likeness (QED) is 0.632. The molecule has 1 aliphatic rings. The maximum atomic E-state index is 11.8. The van der Waals surface area contributed by atoms with Crippen LogP contribution >= 0.6 is 0 Å². The van der Waals surface area contributed by atoms with Crippen LogP contribution in [0.15, 0.2) is 0 Å². The van der Waals surface area contributed by atoms with Crippen LogP contribution in [0.2, 0.25) is 0 Å². The number of ketones is 1. The number of carbonyl (C=O) groups excluding carboxylic acids is 1. The number of aliphatic hydroxyl groups excluding tert-OH is 1. The molecular formula is C10H19NO2. The molecule has 0 amide bonds. The van der Waals surface area contributed by atoms with Crippen molar-refractivity contribution in [2.75, 3.05) is 6.54 Å². The first-order valence-electron chi connectivity index (χ1n) is 4.87. The Kier molecular flexibility index (Phi) is 3.09. The van der Waals surface area contributed by atoms with Gasteiger partial charge in [-0.05, 0) is 12.8 Å². The number of aliphatic hydroxyl groups is 1. The van der Waals surface area contributed by atoms with Gasteiger partial charge in [-0.3, -0.25) is 4.79 Å². The van der Waals surface area contributed by atoms with E-state index in [1.54, 1.807) is 0 Å². The maximum absolute atomic E-state index is 11.8. The Labute approximate surface area is 79.5 Å². The minimum absolute atomic E-state index is 0.0524. The fourth-order valence-corrected chi connectivity index (χ4v) is 1.59. The van der Waals surface area contributed by atoms with Crippen LogP contribution in [0, 0.1) is 5.41 Å². The van der Waals surface area contributed by atoms with E-state index in [-0.39, 0.29) is 23.3 Å². The summed E-state index contributed by atoms with van der Waals surface area (Å²) in [5.74, 6) is 0.249. The zero-order valence-electron chi connectivity index (χ0n) is 8.63. The minimum atomic E-state index is -0.278. The number of nitrogens with one attached hydrogen (secondary N) is 1. The van der Waals surface area contributed by atoms with Gasteiger partial charge in [-0.2, -0.15) is 0 Å². The molecule has 1 aliphatic heterocycles. The molecule has 2 unspecified atom stereocenters. The van der Waals surface area contributed by atoms with Gasteiger partial charge in [0.15, 0.2) is 5.78 Å². The molecule has 0 aromatic carbocycles. The van der Waals surface area contributed by atoms with Gasteiger partial charge in [0, 0.05) is 12.0 Å². The van der Waals surface area contributed by atoms with Crippen LogP contribution in [0.1, 0.15) is 33.6 Å². The van der Waals surface area contributed by atoms with Gasteiger partial charge in [0.2, 0.25) is 0 Å². The zero-order chi connectivity index (χ0) is 10.1. The van der Waals surface area contributed by atoms with E-state index in [1.165, 1.54) is 0 Å². The van der Waals surface area contributed by atoms with Crippen LogP contribution in [0.25, 0.3) is 0 Å². The lowest BCUT2D eigenvalue weighted by Crippen LogP contribution is -2.49. The number of hydrogen-bond acceptors (Lipinski definition) is 3. The van der Waals surface area contributed by atoms with Crippen LogP contribution in [0.4, 0.5) is 0 Å². The van der Waals surface area contributed by atoms with Crippen molar-refractivity contribution in [2.45, 2.75) is 45.8 Å². The first kappa shape index (κ1) is 10.7. The SMILES string of the molecule is CC(C)(C)C(=O)C1CCC(O)CN1. The van der Waals surface area contributed by atoms with Gasteiger partial charge < -0.3 is 10.4 Å². The predicted octanol–water partition coefficient (Wildman–Crippen LogP) is 0.714. The molecule has 2 atom stereocenters. The van der Waals surface area contributed by atoms with Crippen LogP contribution in [-0.4, -0.2) is 29.6 Å². The highest BCUT2D eigenvalue weighted by Crippen LogP contribution is 2.21. The highest BCUT2D eigenvalue weighted by molar-refractivity contribution is 5.88. The summed E-state index contributed by atoms with van der Waals surface area (Å²) in [6.07, 6.45) is 1.22. The second-order valence-electron chi connectivity index (χ2n) is 4.81. The number of rotatable bonds is 1. The first-order valence-corrected chi connectivity index (χ1v) is 4.87. The molecule has 0 radical (unpaired) electrons. The van der Waals surface area contributed by atoms with Gasteiger partial charge in [-0.25, -0.2) is 0 Å². The Morgan fingerprint density at radius 1 is 1.38 bits per heavy atom. The molecule has 0 aromatic heterocycles. The molecule has 0 saturated carbocycles. The molecule has 3 nitrogen and oxygen atoms in total. The number of carbonyl (C=O) groups is 1. The van der Waals surface area contributed by atoms with Crippen LogP contribution in [-0.2, 0) is 4.79 Å². The summed E-state index contributed by atoms with van der Waals surface area (Å²) in [5.41, 5.74) is -0.278. The number of hydrogen-bond donors (Lipinski definition) is 2. The Bertz CT molecular complexity index is 188. The van der Waals surface area contributed by atoms with Gasteiger partial charge in [-0.15, -0.1) is 0 Å². The van der Waals surface area contributed by atoms with Gasteiger partial charge in [0.25, 0.3) is 0 Å². The van der Waals surface area contributed by atoms with E-state index in [0.29, 0.717) is 6.54 Å². The summed E-state index contributed by atoms with van der Waals surface area (Å²) in [6.45, 7) is 6.35. The van der Waals surface area contributed by atoms with E-state index >= 15 is 0 Å². The average Bonchev–Trinajstić information content (AvgIpc) is 2.03. The Balaban J connectivity index is 2.50. The molecule has 76 valence electrons. The first-order chi connectivity index (χ1) is 5.91. The Hall–Kier alpha value is -0.410. The van der Waals surface area contributed by atoms with Crippen molar-refractivity contribution >= 4 is 5.78 Å². The third kappa shape index (κ3) is 2.78. The third-order valence-corrected chi connectivity index (χ3v) is 2.44. The van der Waals surface area contributed by atoms with Crippen LogP contribution in [0.5, 0.6) is 0 Å². The van der Waals surface area contributed by atoms with Crippen molar-refractivity contribution in [2.24, 2.45) is 5.41 Å². The topological polar surface area (TPSA) is 49.3 Å². The minimum Gasteiger partial charge on any atom is -0.392 e. The summed E-state index contributed by atoms with van der Waals surface area (Å²) in [6, 6.07) is -0.0524. The fourth-order valence-electron chi connectivity index (χ4n) is 1.59. The molecular weight excluding hydrogens is 166 g/mol. The molecule has 3 heteroatoms. The molecule has 1 heterocycles. The second-order valence-corrected chi connectivity index (χ2v) is 4.81. The molecule has 13 heavy (non-hydrogen) atoms. The second kappa shape index (κ2) is 3.76. The summed E-state index contributed by atoms with van der Waals surface area (Å²) in [7, 11) is 0. The monoisotopic (exact) mass is 185 g/mol. The predicted molar refractivity (Wildman–Crippen MR) is 51.5 cm³/mol. The molecule has 2 N–H and O–H groups in total. The Morgan fingerprint density at radius 3 is 2.38 bits per heavy atom. The maximum Gasteiger partial charge on any atom is 0.155 e. The highest BCUT2D eigenvalue weighted by atomic mass is 16.3. The molecule has 0 aromatic rings. The van der Waals surface area contributed by atoms with E-state index < -0.39 is 0 Å². The summed E-state index contributed by atoms with van der Waals surface area (Å²) < 4.78 is 0. The van der Waals surface area contributed by atoms with E-state index in [2.05, 4.69) is 5.32 Å². The standard InChI is InChI=1S/C10H19NO2/c1-10(2,3)9(13)8-5-4-7(12)6-11-8/h7-8,11-12H,4-6H2,1-3H3. The van der Waals surface area contributed by atoms with Crippen LogP contribution in [0.3, 0.4) is 0 Å². The highest BCUT2D eigenvalue weighted by Gasteiger charge is 2.31. The fraction of sp³-hybridized carbons (Fsp3) is 0.900. The van der Waals surface area contributed by atoms with Crippen molar-refractivity contribution in [3.05, 3.63) is 0 Å². The lowest BCUT2D eigenvalue weighted by atomic mass is 9.83. The molecule has 1 saturated heterocycles. The lowest BCUT2D eigenvalue weighted by molar-refractivity contribution is -0.129.